The SMILES string of the molecule is Cc1ccc(N(C(=O)c2ccc3ccoc3c2)c2ccc(CP3(=O)CCCCC3)cc2)cc1. The highest BCUT2D eigenvalue weighted by atomic mass is 31.2. The Morgan fingerprint density at radius 1 is 0.879 bits per heavy atom. The van der Waals surface area contributed by atoms with E-state index in [0.717, 1.165) is 53.1 Å². The number of hydrogen-bond donors (Lipinski definition) is 0. The number of carbonyl (C=O) groups excluding carboxylic acids is 1. The molecular formula is C28H28NO3P. The van der Waals surface area contributed by atoms with Crippen LogP contribution in [-0.2, 0) is 10.7 Å². The summed E-state index contributed by atoms with van der Waals surface area (Å²) in [4.78, 5) is 15.4. The molecule has 0 unspecified atom stereocenters. The van der Waals surface area contributed by atoms with Crippen molar-refractivity contribution in [1.82, 2.24) is 0 Å². The van der Waals surface area contributed by atoms with E-state index in [1.807, 2.05) is 73.7 Å². The molecule has 1 saturated heterocycles. The van der Waals surface area contributed by atoms with Gasteiger partial charge in [0.25, 0.3) is 5.91 Å². The van der Waals surface area contributed by atoms with Gasteiger partial charge in [-0.15, -0.1) is 0 Å². The monoisotopic (exact) mass is 457 g/mol. The van der Waals surface area contributed by atoms with Crippen LogP contribution in [0.2, 0.25) is 0 Å². The third-order valence-electron chi connectivity index (χ3n) is 6.49. The molecule has 3 aromatic carbocycles. The second-order valence-corrected chi connectivity index (χ2v) is 12.4. The lowest BCUT2D eigenvalue weighted by Gasteiger charge is -2.25. The zero-order valence-corrected chi connectivity index (χ0v) is 19.8. The summed E-state index contributed by atoms with van der Waals surface area (Å²) in [6.45, 7) is 2.03. The molecule has 168 valence electrons. The van der Waals surface area contributed by atoms with Crippen molar-refractivity contribution in [3.63, 3.8) is 0 Å². The molecule has 5 rings (SSSR count). The van der Waals surface area contributed by atoms with E-state index in [9.17, 15) is 9.36 Å². The summed E-state index contributed by atoms with van der Waals surface area (Å²) < 4.78 is 18.7. The first-order valence-corrected chi connectivity index (χ1v) is 13.8. The van der Waals surface area contributed by atoms with Gasteiger partial charge in [0.2, 0.25) is 0 Å². The predicted molar refractivity (Wildman–Crippen MR) is 135 cm³/mol. The van der Waals surface area contributed by atoms with Crippen molar-refractivity contribution < 1.29 is 13.8 Å². The summed E-state index contributed by atoms with van der Waals surface area (Å²) >= 11 is 0. The number of rotatable bonds is 5. The Kier molecular flexibility index (Phi) is 5.95. The number of hydrogen-bond acceptors (Lipinski definition) is 3. The number of fused-ring (bicyclic) bond motifs is 1. The van der Waals surface area contributed by atoms with Gasteiger partial charge in [-0.05, 0) is 67.8 Å². The maximum atomic E-state index is 13.7. The smallest absolute Gasteiger partial charge is 0.262 e. The molecule has 1 aliphatic heterocycles. The zero-order valence-electron chi connectivity index (χ0n) is 18.9. The van der Waals surface area contributed by atoms with Gasteiger partial charge in [0.05, 0.1) is 13.4 Å². The minimum absolute atomic E-state index is 0.120. The number of anilines is 2. The third kappa shape index (κ3) is 4.67. The Balaban J connectivity index is 1.48. The lowest BCUT2D eigenvalue weighted by atomic mass is 10.1. The van der Waals surface area contributed by atoms with E-state index in [1.165, 1.54) is 6.42 Å². The summed E-state index contributed by atoms with van der Waals surface area (Å²) in [6.07, 6.45) is 7.35. The number of furan rings is 1. The lowest BCUT2D eigenvalue weighted by molar-refractivity contribution is 0.0999. The number of nitrogens with zero attached hydrogens (tertiary/aromatic N) is 1. The van der Waals surface area contributed by atoms with Crippen LogP contribution >= 0.6 is 7.14 Å². The van der Waals surface area contributed by atoms with E-state index >= 15 is 0 Å². The Bertz CT molecular complexity index is 1310. The van der Waals surface area contributed by atoms with Gasteiger partial charge < -0.3 is 8.98 Å². The molecule has 2 heterocycles. The van der Waals surface area contributed by atoms with Crippen LogP contribution in [0.25, 0.3) is 11.0 Å². The minimum Gasteiger partial charge on any atom is -0.464 e. The van der Waals surface area contributed by atoms with Crippen molar-refractivity contribution in [2.75, 3.05) is 17.2 Å². The van der Waals surface area contributed by atoms with Crippen LogP contribution in [0.1, 0.15) is 40.7 Å². The van der Waals surface area contributed by atoms with Crippen LogP contribution in [0.4, 0.5) is 11.4 Å². The summed E-state index contributed by atoms with van der Waals surface area (Å²) in [5, 5.41) is 0.968. The highest BCUT2D eigenvalue weighted by Gasteiger charge is 2.26. The van der Waals surface area contributed by atoms with Gasteiger partial charge >= 0.3 is 0 Å². The number of amides is 1. The number of aryl methyl sites for hydroxylation is 1. The van der Waals surface area contributed by atoms with Crippen molar-refractivity contribution in [2.24, 2.45) is 0 Å². The van der Waals surface area contributed by atoms with Crippen molar-refractivity contribution >= 4 is 35.4 Å². The first-order chi connectivity index (χ1) is 16.0. The van der Waals surface area contributed by atoms with Crippen LogP contribution in [-0.4, -0.2) is 18.2 Å². The van der Waals surface area contributed by atoms with Crippen molar-refractivity contribution in [1.29, 1.82) is 0 Å². The first-order valence-electron chi connectivity index (χ1n) is 11.6. The molecule has 4 nitrogen and oxygen atoms in total. The van der Waals surface area contributed by atoms with E-state index in [1.54, 1.807) is 17.2 Å². The molecule has 0 spiro atoms. The standard InChI is InChI=1S/C28H28NO3P/c1-21-5-11-25(12-6-21)29(28(30)24-10-9-23-15-16-32-27(23)19-24)26-13-7-22(8-14-26)20-33(31)17-3-2-4-18-33/h5-16,19H,2-4,17-18,20H2,1H3. The van der Waals surface area contributed by atoms with Crippen LogP contribution in [0.5, 0.6) is 0 Å². The van der Waals surface area contributed by atoms with Gasteiger partial charge in [0.1, 0.15) is 5.58 Å². The first kappa shape index (κ1) is 21.7. The van der Waals surface area contributed by atoms with Crippen molar-refractivity contribution in [2.45, 2.75) is 32.3 Å². The van der Waals surface area contributed by atoms with E-state index in [0.29, 0.717) is 17.3 Å². The summed E-state index contributed by atoms with van der Waals surface area (Å²) in [6, 6.07) is 23.3. The van der Waals surface area contributed by atoms with Gasteiger partial charge in [-0.1, -0.05) is 42.3 Å². The fraction of sp³-hybridized carbons (Fsp3) is 0.250. The molecule has 0 N–H and O–H groups in total. The van der Waals surface area contributed by atoms with Gasteiger partial charge in [-0.3, -0.25) is 9.69 Å². The summed E-state index contributed by atoms with van der Waals surface area (Å²) in [5.74, 6) is -0.120. The van der Waals surface area contributed by atoms with Crippen LogP contribution in [0, 0.1) is 6.92 Å². The average Bonchev–Trinajstić information content (AvgIpc) is 3.30. The molecule has 0 radical (unpaired) electrons. The molecule has 1 amide bonds. The fourth-order valence-corrected chi connectivity index (χ4v) is 7.64. The minimum atomic E-state index is -2.11. The van der Waals surface area contributed by atoms with Crippen LogP contribution in [0.3, 0.4) is 0 Å². The molecule has 1 aromatic heterocycles. The molecule has 0 bridgehead atoms. The van der Waals surface area contributed by atoms with E-state index in [4.69, 9.17) is 4.42 Å². The molecule has 1 fully saturated rings. The second-order valence-electron chi connectivity index (χ2n) is 9.04. The average molecular weight is 458 g/mol. The van der Waals surface area contributed by atoms with E-state index < -0.39 is 7.14 Å². The zero-order chi connectivity index (χ0) is 22.8. The molecular weight excluding hydrogens is 429 g/mol. The van der Waals surface area contributed by atoms with Crippen molar-refractivity contribution in [3.8, 4) is 0 Å². The molecule has 5 heteroatoms. The Morgan fingerprint density at radius 2 is 1.55 bits per heavy atom. The van der Waals surface area contributed by atoms with Gasteiger partial charge in [-0.2, -0.15) is 0 Å². The van der Waals surface area contributed by atoms with Crippen molar-refractivity contribution in [3.05, 3.63) is 95.7 Å². The normalized spacial score (nSPS) is 15.4. The van der Waals surface area contributed by atoms with Crippen LogP contribution < -0.4 is 4.90 Å². The molecule has 1 aliphatic rings. The number of carbonyl (C=O) groups is 1. The third-order valence-corrected chi connectivity index (χ3v) is 9.70. The summed E-state index contributed by atoms with van der Waals surface area (Å²) in [5.41, 5.74) is 5.06. The largest absolute Gasteiger partial charge is 0.464 e. The highest BCUT2D eigenvalue weighted by Crippen LogP contribution is 2.53. The predicted octanol–water partition coefficient (Wildman–Crippen LogP) is 7.77. The molecule has 4 aromatic rings. The quantitative estimate of drug-likeness (QED) is 0.288. The maximum Gasteiger partial charge on any atom is 0.262 e. The van der Waals surface area contributed by atoms with Crippen LogP contribution in [0.15, 0.2) is 83.5 Å². The highest BCUT2D eigenvalue weighted by molar-refractivity contribution is 7.63. The Hall–Kier alpha value is -3.10. The molecule has 33 heavy (non-hydrogen) atoms. The maximum absolute atomic E-state index is 13.7. The van der Waals surface area contributed by atoms with Gasteiger partial charge in [0, 0.05) is 40.8 Å². The fourth-order valence-electron chi connectivity index (χ4n) is 4.62. The number of benzene rings is 3. The Morgan fingerprint density at radius 3 is 2.24 bits per heavy atom. The summed E-state index contributed by atoms with van der Waals surface area (Å²) in [7, 11) is -2.11. The lowest BCUT2D eigenvalue weighted by Crippen LogP contribution is -2.26. The van der Waals surface area contributed by atoms with Gasteiger partial charge in [-0.25, -0.2) is 0 Å². The molecule has 0 atom stereocenters. The second kappa shape index (κ2) is 9.03. The van der Waals surface area contributed by atoms with E-state index in [2.05, 4.69) is 0 Å². The molecule has 0 aliphatic carbocycles. The topological polar surface area (TPSA) is 50.5 Å². The van der Waals surface area contributed by atoms with Gasteiger partial charge in [0.15, 0.2) is 0 Å². The van der Waals surface area contributed by atoms with E-state index in [-0.39, 0.29) is 5.91 Å². The molecule has 0 saturated carbocycles. The Labute approximate surface area is 194 Å².